The lowest BCUT2D eigenvalue weighted by Gasteiger charge is -2.37. The third kappa shape index (κ3) is 5.29. The zero-order chi connectivity index (χ0) is 24.6. The highest BCUT2D eigenvalue weighted by Crippen LogP contribution is 2.33. The Morgan fingerprint density at radius 2 is 1.66 bits per heavy atom. The molecule has 3 saturated heterocycles. The fraction of sp³-hybridized carbons (Fsp3) is 0.621. The monoisotopic (exact) mass is 476 g/mol. The molecule has 1 aromatic heterocycles. The van der Waals surface area contributed by atoms with Crippen molar-refractivity contribution < 1.29 is 9.53 Å². The number of piperidine rings is 1. The minimum Gasteiger partial charge on any atom is -0.381 e. The number of carbonyl (C=O) groups excluding carboxylic acids is 1. The summed E-state index contributed by atoms with van der Waals surface area (Å²) in [6, 6.07) is 9.48. The number of fused-ring (bicyclic) bond motifs is 1. The normalized spacial score (nSPS) is 23.6. The van der Waals surface area contributed by atoms with Gasteiger partial charge in [-0.3, -0.25) is 9.69 Å². The quantitative estimate of drug-likeness (QED) is 0.652. The molecule has 3 fully saturated rings. The SMILES string of the molecule is Cc1c(CCc2ccc(C(C)(C)C)cc2)ncnc1C(=O)N1CCC(N2CC3COCC3C2)CC1. The number of aromatic nitrogens is 2. The van der Waals surface area contributed by atoms with Crippen LogP contribution in [-0.4, -0.2) is 71.1 Å². The molecule has 0 spiro atoms. The van der Waals surface area contributed by atoms with Crippen molar-refractivity contribution in [3.63, 3.8) is 0 Å². The standard InChI is InChI=1S/C29H40N4O2/c1-20-26(10-7-21-5-8-24(9-6-21)29(2,3)4)30-19-31-27(20)28(34)32-13-11-25(12-14-32)33-15-22-17-35-18-23(22)16-33/h5-6,8-9,19,22-23,25H,7,10-18H2,1-4H3. The average molecular weight is 477 g/mol. The van der Waals surface area contributed by atoms with Crippen molar-refractivity contribution in [2.75, 3.05) is 39.4 Å². The van der Waals surface area contributed by atoms with E-state index in [9.17, 15) is 4.79 Å². The van der Waals surface area contributed by atoms with Crippen molar-refractivity contribution in [1.29, 1.82) is 0 Å². The van der Waals surface area contributed by atoms with Gasteiger partial charge in [-0.1, -0.05) is 45.0 Å². The smallest absolute Gasteiger partial charge is 0.272 e. The first-order valence-corrected chi connectivity index (χ1v) is 13.3. The Hall–Kier alpha value is -2.31. The Morgan fingerprint density at radius 3 is 2.29 bits per heavy atom. The molecule has 3 aliphatic heterocycles. The van der Waals surface area contributed by atoms with Gasteiger partial charge in [0.1, 0.15) is 12.0 Å². The highest BCUT2D eigenvalue weighted by Gasteiger charge is 2.40. The second-order valence-electron chi connectivity index (χ2n) is 11.8. The largest absolute Gasteiger partial charge is 0.381 e. The predicted octanol–water partition coefficient (Wildman–Crippen LogP) is 4.05. The van der Waals surface area contributed by atoms with E-state index in [1.54, 1.807) is 6.33 Å². The molecule has 0 aliphatic carbocycles. The van der Waals surface area contributed by atoms with E-state index in [1.807, 2.05) is 11.8 Å². The molecule has 0 N–H and O–H groups in total. The van der Waals surface area contributed by atoms with E-state index in [4.69, 9.17) is 4.74 Å². The molecule has 0 radical (unpaired) electrons. The van der Waals surface area contributed by atoms with Crippen molar-refractivity contribution in [3.8, 4) is 0 Å². The van der Waals surface area contributed by atoms with Gasteiger partial charge in [-0.2, -0.15) is 0 Å². The van der Waals surface area contributed by atoms with Crippen LogP contribution in [0.3, 0.4) is 0 Å². The van der Waals surface area contributed by atoms with Gasteiger partial charge in [-0.05, 0) is 49.1 Å². The number of ether oxygens (including phenoxy) is 1. The number of rotatable bonds is 5. The lowest BCUT2D eigenvalue weighted by atomic mass is 9.86. The molecule has 1 aromatic carbocycles. The van der Waals surface area contributed by atoms with Gasteiger partial charge in [0.25, 0.3) is 5.91 Å². The summed E-state index contributed by atoms with van der Waals surface area (Å²) in [4.78, 5) is 27.0. The highest BCUT2D eigenvalue weighted by atomic mass is 16.5. The van der Waals surface area contributed by atoms with Crippen LogP contribution >= 0.6 is 0 Å². The van der Waals surface area contributed by atoms with Gasteiger partial charge in [0.15, 0.2) is 0 Å². The van der Waals surface area contributed by atoms with Crippen LogP contribution in [0.4, 0.5) is 0 Å². The topological polar surface area (TPSA) is 58.6 Å². The number of hydrogen-bond acceptors (Lipinski definition) is 5. The van der Waals surface area contributed by atoms with Crippen molar-refractivity contribution in [2.45, 2.75) is 64.8 Å². The van der Waals surface area contributed by atoms with Crippen LogP contribution in [0.2, 0.25) is 0 Å². The van der Waals surface area contributed by atoms with E-state index in [0.29, 0.717) is 23.6 Å². The number of amides is 1. The Morgan fingerprint density at radius 1 is 1.00 bits per heavy atom. The van der Waals surface area contributed by atoms with Gasteiger partial charge in [0.2, 0.25) is 0 Å². The van der Waals surface area contributed by atoms with Crippen molar-refractivity contribution >= 4 is 5.91 Å². The van der Waals surface area contributed by atoms with Gasteiger partial charge < -0.3 is 9.64 Å². The third-order valence-electron chi connectivity index (χ3n) is 8.40. The number of benzene rings is 1. The van der Waals surface area contributed by atoms with Gasteiger partial charge in [0, 0.05) is 55.3 Å². The first-order valence-electron chi connectivity index (χ1n) is 13.3. The highest BCUT2D eigenvalue weighted by molar-refractivity contribution is 5.93. The molecule has 2 atom stereocenters. The number of nitrogens with zero attached hydrogens (tertiary/aromatic N) is 4. The van der Waals surface area contributed by atoms with Gasteiger partial charge in [-0.25, -0.2) is 9.97 Å². The Balaban J connectivity index is 1.17. The van der Waals surface area contributed by atoms with E-state index in [1.165, 1.54) is 11.1 Å². The number of hydrogen-bond donors (Lipinski definition) is 0. The number of carbonyl (C=O) groups is 1. The van der Waals surface area contributed by atoms with E-state index < -0.39 is 0 Å². The minimum absolute atomic E-state index is 0.0609. The van der Waals surface area contributed by atoms with Crippen LogP contribution < -0.4 is 0 Å². The van der Waals surface area contributed by atoms with E-state index in [2.05, 4.69) is 59.9 Å². The molecular weight excluding hydrogens is 436 g/mol. The van der Waals surface area contributed by atoms with E-state index >= 15 is 0 Å². The summed E-state index contributed by atoms with van der Waals surface area (Å²) in [6.07, 6.45) is 5.38. The molecule has 188 valence electrons. The lowest BCUT2D eigenvalue weighted by Crippen LogP contribution is -2.46. The molecule has 4 heterocycles. The Kier molecular flexibility index (Phi) is 6.95. The van der Waals surface area contributed by atoms with Crippen LogP contribution in [0.25, 0.3) is 0 Å². The molecule has 1 amide bonds. The summed E-state index contributed by atoms with van der Waals surface area (Å²) < 4.78 is 5.63. The summed E-state index contributed by atoms with van der Waals surface area (Å²) in [7, 11) is 0. The maximum Gasteiger partial charge on any atom is 0.272 e. The van der Waals surface area contributed by atoms with Gasteiger partial charge >= 0.3 is 0 Å². The van der Waals surface area contributed by atoms with Crippen LogP contribution in [-0.2, 0) is 23.0 Å². The summed E-state index contributed by atoms with van der Waals surface area (Å²) in [5.74, 6) is 1.49. The van der Waals surface area contributed by atoms with Crippen molar-refractivity contribution in [3.05, 3.63) is 58.7 Å². The summed E-state index contributed by atoms with van der Waals surface area (Å²) in [6.45, 7) is 14.5. The van der Waals surface area contributed by atoms with Crippen molar-refractivity contribution in [2.24, 2.45) is 11.8 Å². The Labute approximate surface area is 210 Å². The predicted molar refractivity (Wildman–Crippen MR) is 138 cm³/mol. The third-order valence-corrected chi connectivity index (χ3v) is 8.40. The molecule has 2 aromatic rings. The van der Waals surface area contributed by atoms with Crippen LogP contribution in [0.15, 0.2) is 30.6 Å². The molecule has 6 heteroatoms. The molecule has 2 unspecified atom stereocenters. The van der Waals surface area contributed by atoms with E-state index in [0.717, 1.165) is 76.3 Å². The maximum atomic E-state index is 13.4. The second kappa shape index (κ2) is 9.98. The van der Waals surface area contributed by atoms with Gasteiger partial charge in [-0.15, -0.1) is 0 Å². The summed E-state index contributed by atoms with van der Waals surface area (Å²) in [5, 5.41) is 0. The second-order valence-corrected chi connectivity index (χ2v) is 11.8. The zero-order valence-electron chi connectivity index (χ0n) is 21.8. The first kappa shape index (κ1) is 24.4. The minimum atomic E-state index is 0.0609. The fourth-order valence-corrected chi connectivity index (χ4v) is 5.99. The molecule has 35 heavy (non-hydrogen) atoms. The molecule has 3 aliphatic rings. The molecule has 6 nitrogen and oxygen atoms in total. The Bertz CT molecular complexity index is 1030. The molecule has 0 saturated carbocycles. The zero-order valence-corrected chi connectivity index (χ0v) is 21.8. The number of likely N-dealkylation sites (tertiary alicyclic amines) is 2. The number of aryl methyl sites for hydroxylation is 2. The van der Waals surface area contributed by atoms with Crippen LogP contribution in [0, 0.1) is 18.8 Å². The van der Waals surface area contributed by atoms with Crippen molar-refractivity contribution in [1.82, 2.24) is 19.8 Å². The lowest BCUT2D eigenvalue weighted by molar-refractivity contribution is 0.0611. The summed E-state index contributed by atoms with van der Waals surface area (Å²) in [5.41, 5.74) is 5.28. The van der Waals surface area contributed by atoms with E-state index in [-0.39, 0.29) is 11.3 Å². The fourth-order valence-electron chi connectivity index (χ4n) is 5.99. The van der Waals surface area contributed by atoms with Crippen LogP contribution in [0.1, 0.15) is 66.5 Å². The molecule has 0 bridgehead atoms. The molecular formula is C29H40N4O2. The maximum absolute atomic E-state index is 13.4. The first-order chi connectivity index (χ1) is 16.8. The average Bonchev–Trinajstić information content (AvgIpc) is 3.46. The van der Waals surface area contributed by atoms with Gasteiger partial charge in [0.05, 0.1) is 13.2 Å². The van der Waals surface area contributed by atoms with Crippen LogP contribution in [0.5, 0.6) is 0 Å². The molecule has 5 rings (SSSR count). The summed E-state index contributed by atoms with van der Waals surface area (Å²) >= 11 is 0.